The van der Waals surface area contributed by atoms with Crippen LogP contribution in [0.1, 0.15) is 61.6 Å². The van der Waals surface area contributed by atoms with Gasteiger partial charge in [0.05, 0.1) is 18.5 Å². The zero-order valence-corrected chi connectivity index (χ0v) is 20.6. The van der Waals surface area contributed by atoms with E-state index < -0.39 is 11.6 Å². The average Bonchev–Trinajstić information content (AvgIpc) is 2.76. The number of esters is 1. The summed E-state index contributed by atoms with van der Waals surface area (Å²) in [6.45, 7) is 10.4. The highest BCUT2D eigenvalue weighted by molar-refractivity contribution is 5.88. The van der Waals surface area contributed by atoms with E-state index in [-0.39, 0.29) is 29.6 Å². The zero-order valence-electron chi connectivity index (χ0n) is 20.6. The van der Waals surface area contributed by atoms with Crippen molar-refractivity contribution in [2.45, 2.75) is 59.1 Å². The predicted octanol–water partition coefficient (Wildman–Crippen LogP) is 4.36. The van der Waals surface area contributed by atoms with Gasteiger partial charge >= 0.3 is 12.1 Å². The molecule has 0 saturated carbocycles. The molecule has 0 radical (unpaired) electrons. The van der Waals surface area contributed by atoms with Crippen molar-refractivity contribution in [1.82, 2.24) is 14.9 Å². The van der Waals surface area contributed by atoms with Gasteiger partial charge in [0, 0.05) is 25.6 Å². The number of likely N-dealkylation sites (tertiary alicyclic amines) is 1. The highest BCUT2D eigenvalue weighted by atomic mass is 19.1. The molecule has 1 aliphatic heterocycles. The number of aryl methyl sites for hydroxylation is 1. The largest absolute Gasteiger partial charge is 0.464 e. The average molecular weight is 473 g/mol. The fraction of sp³-hybridized carbons (Fsp3) is 0.520. The number of anilines is 1. The molecule has 2 aromatic rings. The SMILES string of the molecule is COC(=O)c1nc(Cc2ccc(F)cc2)c(N[C@@H]2CCN(C(=O)OC(C)(C)C)C[C@H]2C)nc1C. The van der Waals surface area contributed by atoms with Gasteiger partial charge in [-0.05, 0) is 57.7 Å². The molecule has 1 fully saturated rings. The lowest BCUT2D eigenvalue weighted by atomic mass is 9.94. The summed E-state index contributed by atoms with van der Waals surface area (Å²) < 4.78 is 23.7. The van der Waals surface area contributed by atoms with Gasteiger partial charge in [-0.25, -0.2) is 23.9 Å². The van der Waals surface area contributed by atoms with E-state index in [1.807, 2.05) is 20.8 Å². The number of methoxy groups -OCH3 is 1. The second-order valence-corrected chi connectivity index (χ2v) is 9.69. The summed E-state index contributed by atoms with van der Waals surface area (Å²) in [6, 6.07) is 6.18. The van der Waals surface area contributed by atoms with E-state index in [1.165, 1.54) is 19.2 Å². The van der Waals surface area contributed by atoms with Gasteiger partial charge in [-0.1, -0.05) is 19.1 Å². The van der Waals surface area contributed by atoms with Crippen molar-refractivity contribution in [3.05, 3.63) is 52.7 Å². The Morgan fingerprint density at radius 1 is 1.21 bits per heavy atom. The second-order valence-electron chi connectivity index (χ2n) is 9.69. The number of hydrogen-bond acceptors (Lipinski definition) is 7. The first-order chi connectivity index (χ1) is 16.0. The van der Waals surface area contributed by atoms with Gasteiger partial charge in [0.1, 0.15) is 17.2 Å². The zero-order chi connectivity index (χ0) is 25.0. The van der Waals surface area contributed by atoms with Gasteiger partial charge in [-0.15, -0.1) is 0 Å². The third-order valence-electron chi connectivity index (χ3n) is 5.68. The Morgan fingerprint density at radius 2 is 1.88 bits per heavy atom. The van der Waals surface area contributed by atoms with Crippen LogP contribution in [0.4, 0.5) is 15.0 Å². The van der Waals surface area contributed by atoms with Gasteiger partial charge in [0.25, 0.3) is 0 Å². The van der Waals surface area contributed by atoms with Gasteiger partial charge in [0.2, 0.25) is 0 Å². The van der Waals surface area contributed by atoms with Crippen LogP contribution in [0.3, 0.4) is 0 Å². The fourth-order valence-electron chi connectivity index (χ4n) is 3.91. The Morgan fingerprint density at radius 3 is 2.47 bits per heavy atom. The summed E-state index contributed by atoms with van der Waals surface area (Å²) in [5.41, 5.74) is 1.47. The summed E-state index contributed by atoms with van der Waals surface area (Å²) in [7, 11) is 1.30. The summed E-state index contributed by atoms with van der Waals surface area (Å²) >= 11 is 0. The molecule has 1 N–H and O–H groups in total. The smallest absolute Gasteiger partial charge is 0.410 e. The third kappa shape index (κ3) is 6.42. The minimum atomic E-state index is -0.559. The Labute approximate surface area is 199 Å². The molecule has 2 atom stereocenters. The predicted molar refractivity (Wildman–Crippen MR) is 126 cm³/mol. The van der Waals surface area contributed by atoms with Crippen LogP contribution >= 0.6 is 0 Å². The molecule has 1 aromatic heterocycles. The number of amides is 1. The van der Waals surface area contributed by atoms with Crippen molar-refractivity contribution < 1.29 is 23.5 Å². The maximum atomic E-state index is 13.4. The van der Waals surface area contributed by atoms with Crippen LogP contribution in [-0.4, -0.2) is 58.8 Å². The van der Waals surface area contributed by atoms with Gasteiger partial charge < -0.3 is 19.7 Å². The molecule has 2 heterocycles. The number of nitrogens with zero attached hydrogens (tertiary/aromatic N) is 3. The van der Waals surface area contributed by atoms with E-state index in [4.69, 9.17) is 9.47 Å². The van der Waals surface area contributed by atoms with Crippen LogP contribution in [-0.2, 0) is 15.9 Å². The van der Waals surface area contributed by atoms with Gasteiger partial charge in [-0.2, -0.15) is 0 Å². The number of benzene rings is 1. The summed E-state index contributed by atoms with van der Waals surface area (Å²) in [4.78, 5) is 35.6. The molecule has 1 aliphatic rings. The molecule has 1 saturated heterocycles. The van der Waals surface area contributed by atoms with Crippen LogP contribution < -0.4 is 5.32 Å². The highest BCUT2D eigenvalue weighted by Crippen LogP contribution is 2.25. The number of nitrogens with one attached hydrogen (secondary N) is 1. The topological polar surface area (TPSA) is 93.7 Å². The molecule has 34 heavy (non-hydrogen) atoms. The van der Waals surface area contributed by atoms with Crippen molar-refractivity contribution in [3.8, 4) is 0 Å². The minimum absolute atomic E-state index is 0.0448. The number of halogens is 1. The fourth-order valence-corrected chi connectivity index (χ4v) is 3.91. The number of ether oxygens (including phenoxy) is 2. The molecule has 0 unspecified atom stereocenters. The first kappa shape index (κ1) is 25.4. The lowest BCUT2D eigenvalue weighted by Crippen LogP contribution is -2.49. The van der Waals surface area contributed by atoms with Crippen LogP contribution in [0.5, 0.6) is 0 Å². The lowest BCUT2D eigenvalue weighted by molar-refractivity contribution is 0.0164. The quantitative estimate of drug-likeness (QED) is 0.646. The van der Waals surface area contributed by atoms with Crippen LogP contribution in [0.15, 0.2) is 24.3 Å². The normalized spacial score (nSPS) is 18.4. The van der Waals surface area contributed by atoms with E-state index in [2.05, 4.69) is 22.2 Å². The van der Waals surface area contributed by atoms with Crippen LogP contribution in [0, 0.1) is 18.7 Å². The summed E-state index contributed by atoms with van der Waals surface area (Å²) in [6.07, 6.45) is 0.758. The first-order valence-corrected chi connectivity index (χ1v) is 11.4. The minimum Gasteiger partial charge on any atom is -0.464 e. The van der Waals surface area contributed by atoms with Crippen LogP contribution in [0.25, 0.3) is 0 Å². The van der Waals surface area contributed by atoms with Crippen LogP contribution in [0.2, 0.25) is 0 Å². The molecule has 1 aromatic carbocycles. The molecular weight excluding hydrogens is 439 g/mol. The van der Waals surface area contributed by atoms with E-state index in [1.54, 1.807) is 24.0 Å². The number of carbonyl (C=O) groups is 2. The maximum Gasteiger partial charge on any atom is 0.410 e. The van der Waals surface area contributed by atoms with E-state index in [0.29, 0.717) is 43.1 Å². The molecule has 1 amide bonds. The monoisotopic (exact) mass is 472 g/mol. The molecule has 3 rings (SSSR count). The Bertz CT molecular complexity index is 1040. The van der Waals surface area contributed by atoms with Crippen molar-refractivity contribution >= 4 is 17.9 Å². The Kier molecular flexibility index (Phi) is 7.74. The molecule has 0 aliphatic carbocycles. The molecule has 0 spiro atoms. The van der Waals surface area contributed by atoms with E-state index >= 15 is 0 Å². The number of carbonyl (C=O) groups excluding carboxylic acids is 2. The van der Waals surface area contributed by atoms with E-state index in [9.17, 15) is 14.0 Å². The highest BCUT2D eigenvalue weighted by Gasteiger charge is 2.32. The summed E-state index contributed by atoms with van der Waals surface area (Å²) in [5, 5.41) is 3.49. The van der Waals surface area contributed by atoms with Gasteiger partial charge in [0.15, 0.2) is 5.69 Å². The lowest BCUT2D eigenvalue weighted by Gasteiger charge is -2.38. The van der Waals surface area contributed by atoms with Gasteiger partial charge in [-0.3, -0.25) is 0 Å². The van der Waals surface area contributed by atoms with Crippen molar-refractivity contribution in [2.75, 3.05) is 25.5 Å². The number of aromatic nitrogens is 2. The Balaban J connectivity index is 1.81. The molecule has 184 valence electrons. The third-order valence-corrected chi connectivity index (χ3v) is 5.68. The maximum absolute atomic E-state index is 13.4. The number of rotatable bonds is 5. The number of hydrogen-bond donors (Lipinski definition) is 1. The molecular formula is C25H33FN4O4. The standard InChI is InChI=1S/C25H33FN4O4/c1-15-14-30(24(32)34-25(3,4)5)12-11-19(15)29-22-20(13-17-7-9-18(26)10-8-17)28-21(16(2)27-22)23(31)33-6/h7-10,15,19H,11-14H2,1-6H3,(H,27,29)/t15-,19-/m1/s1. The van der Waals surface area contributed by atoms with Crippen molar-refractivity contribution in [1.29, 1.82) is 0 Å². The van der Waals surface area contributed by atoms with E-state index in [0.717, 1.165) is 5.56 Å². The molecule has 0 bridgehead atoms. The summed E-state index contributed by atoms with van der Waals surface area (Å²) in [5.74, 6) is -0.187. The van der Waals surface area contributed by atoms with Crippen molar-refractivity contribution in [3.63, 3.8) is 0 Å². The second kappa shape index (κ2) is 10.4. The molecule has 9 heteroatoms. The Hall–Kier alpha value is -3.23. The van der Waals surface area contributed by atoms with Crippen molar-refractivity contribution in [2.24, 2.45) is 5.92 Å². The number of piperidine rings is 1. The first-order valence-electron chi connectivity index (χ1n) is 11.4. The molecule has 8 nitrogen and oxygen atoms in total.